The van der Waals surface area contributed by atoms with Gasteiger partial charge in [0.25, 0.3) is 11.8 Å². The fraction of sp³-hybridized carbons (Fsp3) is 0.364. The summed E-state index contributed by atoms with van der Waals surface area (Å²) in [6, 6.07) is 5.42. The number of ether oxygens (including phenoxy) is 1. The third kappa shape index (κ3) is 5.73. The molecule has 13 nitrogen and oxygen atoms in total. The first-order valence-electron chi connectivity index (χ1n) is 15.5. The first kappa shape index (κ1) is 36.2. The van der Waals surface area contributed by atoms with Crippen molar-refractivity contribution in [1.29, 1.82) is 0 Å². The highest BCUT2D eigenvalue weighted by molar-refractivity contribution is 6.38. The van der Waals surface area contributed by atoms with Gasteiger partial charge in [0.2, 0.25) is 5.91 Å². The van der Waals surface area contributed by atoms with Crippen LogP contribution in [0.25, 0.3) is 0 Å². The second-order valence-corrected chi connectivity index (χ2v) is 14.4. The zero-order chi connectivity index (χ0) is 37.6. The Hall–Kier alpha value is -4.15. The Bertz CT molecular complexity index is 2260. The van der Waals surface area contributed by atoms with Crippen molar-refractivity contribution in [2.75, 3.05) is 23.4 Å². The number of halogens is 6. The van der Waals surface area contributed by atoms with Crippen molar-refractivity contribution >= 4 is 75.6 Å². The minimum atomic E-state index is -3.44. The fourth-order valence-electron chi connectivity index (χ4n) is 7.60. The third-order valence-corrected chi connectivity index (χ3v) is 10.6. The van der Waals surface area contributed by atoms with E-state index in [4.69, 9.17) is 68.8 Å². The van der Waals surface area contributed by atoms with E-state index in [1.54, 1.807) is 0 Å². The molecule has 4 aromatic rings. The molecule has 5 heterocycles. The molecular formula is C33H25Cl4F2N3O10. The minimum absolute atomic E-state index is 0.00612. The van der Waals surface area contributed by atoms with Crippen LogP contribution < -0.4 is 21.4 Å². The summed E-state index contributed by atoms with van der Waals surface area (Å²) in [7, 11) is 1.34. The molecule has 274 valence electrons. The Balaban J connectivity index is 1.44. The Morgan fingerprint density at radius 1 is 0.904 bits per heavy atom. The van der Waals surface area contributed by atoms with E-state index in [0.717, 1.165) is 14.7 Å². The monoisotopic (exact) mass is 801 g/mol. The van der Waals surface area contributed by atoms with Gasteiger partial charge >= 0.3 is 17.6 Å². The fourth-order valence-corrected chi connectivity index (χ4v) is 8.71. The van der Waals surface area contributed by atoms with Gasteiger partial charge in [0.1, 0.15) is 17.2 Å². The van der Waals surface area contributed by atoms with Crippen LogP contribution in [0.3, 0.4) is 0 Å². The number of esters is 1. The predicted octanol–water partition coefficient (Wildman–Crippen LogP) is 6.11. The van der Waals surface area contributed by atoms with Gasteiger partial charge in [0, 0.05) is 45.8 Å². The molecule has 2 amide bonds. The normalized spacial score (nSPS) is 23.4. The smallest absolute Gasteiger partial charge is 0.457 e. The first-order valence-corrected chi connectivity index (χ1v) is 17.0. The average molecular weight is 803 g/mol. The molecular weight excluding hydrogens is 778 g/mol. The lowest BCUT2D eigenvalue weighted by Crippen LogP contribution is -2.56. The maximum absolute atomic E-state index is 15.7. The van der Waals surface area contributed by atoms with Crippen LogP contribution in [0.5, 0.6) is 0 Å². The van der Waals surface area contributed by atoms with Crippen molar-refractivity contribution in [3.63, 3.8) is 0 Å². The van der Waals surface area contributed by atoms with E-state index in [1.807, 2.05) is 0 Å². The Morgan fingerprint density at radius 3 is 2.10 bits per heavy atom. The summed E-state index contributed by atoms with van der Waals surface area (Å²) in [6.45, 7) is 0.579. The maximum Gasteiger partial charge on any atom is 0.519 e. The average Bonchev–Trinajstić information content (AvgIpc) is 3.78. The van der Waals surface area contributed by atoms with Crippen LogP contribution in [0, 0.1) is 25.7 Å². The maximum atomic E-state index is 15.7. The molecule has 0 bridgehead atoms. The number of amides is 2. The summed E-state index contributed by atoms with van der Waals surface area (Å²) in [5, 5.41) is 0.192. The lowest BCUT2D eigenvalue weighted by Gasteiger charge is -2.37. The number of carbonyl (C=O) groups is 3. The molecule has 4 atom stereocenters. The Labute approximate surface area is 311 Å². The Kier molecular flexibility index (Phi) is 8.89. The highest BCUT2D eigenvalue weighted by Gasteiger charge is 2.76. The molecule has 0 aliphatic carbocycles. The lowest BCUT2D eigenvalue weighted by atomic mass is 9.73. The van der Waals surface area contributed by atoms with Crippen molar-refractivity contribution in [2.24, 2.45) is 11.8 Å². The molecule has 2 aromatic carbocycles. The number of nitrogens with zero attached hydrogens (tertiary/aromatic N) is 3. The summed E-state index contributed by atoms with van der Waals surface area (Å²) < 4.78 is 57.0. The van der Waals surface area contributed by atoms with Gasteiger partial charge in [-0.15, -0.1) is 0 Å². The van der Waals surface area contributed by atoms with Gasteiger partial charge in [-0.2, -0.15) is 0 Å². The lowest BCUT2D eigenvalue weighted by molar-refractivity contribution is -0.161. The van der Waals surface area contributed by atoms with Gasteiger partial charge in [-0.05, 0) is 44.2 Å². The number of anilines is 2. The molecule has 3 aliphatic rings. The number of alkyl halides is 2. The number of benzene rings is 2. The number of hydrogen-bond donors (Lipinski definition) is 0. The molecule has 7 rings (SSSR count). The van der Waals surface area contributed by atoms with Crippen LogP contribution in [0.2, 0.25) is 20.1 Å². The van der Waals surface area contributed by atoms with E-state index in [0.29, 0.717) is 0 Å². The van der Waals surface area contributed by atoms with Crippen LogP contribution in [0.1, 0.15) is 35.0 Å². The summed E-state index contributed by atoms with van der Waals surface area (Å²) >= 11 is 25.7. The van der Waals surface area contributed by atoms with Crippen molar-refractivity contribution in [1.82, 2.24) is 4.90 Å². The number of hydrogen-bond acceptors (Lipinski definition) is 11. The highest BCUT2D eigenvalue weighted by atomic mass is 35.5. The van der Waals surface area contributed by atoms with Gasteiger partial charge in [-0.25, -0.2) is 18.4 Å². The molecule has 0 radical (unpaired) electrons. The Morgan fingerprint density at radius 2 is 1.50 bits per heavy atom. The standard InChI is InChI=1S/C33H25Cl4F2N3O10/c1-13-22(51-30(46)49-13)10-41-26-19(7-17(36)8-20(26)37)33(29(41)45)25(28(44)48-11-23-14(2)50-31(47)52-23)24(21-9-32(38,39)12-42(21)33)27(43)40(3)18-5-15(34)4-16(35)6-18/h4-8,21,24-25H,9-12H2,1-3H3/t21?,24-,25+,33?/m0/s1. The summed E-state index contributed by atoms with van der Waals surface area (Å²) in [4.78, 5) is 71.5. The number of fused-ring (bicyclic) bond motifs is 4. The van der Waals surface area contributed by atoms with Crippen molar-refractivity contribution in [3.05, 3.63) is 100 Å². The summed E-state index contributed by atoms with van der Waals surface area (Å²) in [5.41, 5.74) is -2.33. The van der Waals surface area contributed by atoms with Crippen LogP contribution in [0.4, 0.5) is 20.2 Å². The van der Waals surface area contributed by atoms with E-state index in [1.165, 1.54) is 51.2 Å². The quantitative estimate of drug-likeness (QED) is 0.199. The molecule has 0 saturated carbocycles. The van der Waals surface area contributed by atoms with Crippen molar-refractivity contribution in [2.45, 2.75) is 50.9 Å². The van der Waals surface area contributed by atoms with Gasteiger partial charge in [0.15, 0.2) is 23.9 Å². The van der Waals surface area contributed by atoms with Gasteiger partial charge in [-0.1, -0.05) is 46.4 Å². The topological polar surface area (TPSA) is 157 Å². The molecule has 2 unspecified atom stereocenters. The van der Waals surface area contributed by atoms with Crippen molar-refractivity contribution in [3.8, 4) is 0 Å². The van der Waals surface area contributed by atoms with Crippen LogP contribution in [-0.2, 0) is 37.8 Å². The highest BCUT2D eigenvalue weighted by Crippen LogP contribution is 2.63. The summed E-state index contributed by atoms with van der Waals surface area (Å²) in [5.74, 6) is -12.3. The summed E-state index contributed by atoms with van der Waals surface area (Å²) in [6.07, 6.45) is -0.929. The molecule has 1 spiro atoms. The minimum Gasteiger partial charge on any atom is -0.457 e. The van der Waals surface area contributed by atoms with Gasteiger partial charge < -0.3 is 32.2 Å². The molecule has 19 heteroatoms. The molecule has 2 fully saturated rings. The zero-order valence-electron chi connectivity index (χ0n) is 27.1. The number of aryl methyl sites for hydroxylation is 2. The van der Waals surface area contributed by atoms with E-state index in [2.05, 4.69) is 0 Å². The number of carbonyl (C=O) groups excluding carboxylic acids is 3. The van der Waals surface area contributed by atoms with Crippen molar-refractivity contribution < 1.29 is 45.6 Å². The molecule has 0 N–H and O–H groups in total. The number of rotatable bonds is 7. The molecule has 2 aromatic heterocycles. The van der Waals surface area contributed by atoms with Crippen LogP contribution >= 0.6 is 46.4 Å². The molecule has 2 saturated heterocycles. The SMILES string of the molecule is Cc1oc(=O)oc1COC(=O)[C@H]1[C@@H](C(=O)N(C)c2cc(Cl)cc(Cl)c2)C2CC(F)(F)CN2C12C(=O)N(Cc1oc(=O)oc1C)c1c(Cl)cc(Cl)cc12. The second-order valence-electron chi connectivity index (χ2n) is 12.7. The molecule has 3 aliphatic heterocycles. The first-order chi connectivity index (χ1) is 24.4. The zero-order valence-corrected chi connectivity index (χ0v) is 30.2. The van der Waals surface area contributed by atoms with Gasteiger partial charge in [0.05, 0.1) is 29.7 Å². The van der Waals surface area contributed by atoms with Crippen LogP contribution in [-0.4, -0.2) is 48.2 Å². The molecule has 52 heavy (non-hydrogen) atoms. The largest absolute Gasteiger partial charge is 0.519 e. The predicted molar refractivity (Wildman–Crippen MR) is 180 cm³/mol. The van der Waals surface area contributed by atoms with E-state index < -0.39 is 84.9 Å². The third-order valence-electron chi connectivity index (χ3n) is 9.69. The van der Waals surface area contributed by atoms with Crippen LogP contribution in [0.15, 0.2) is 57.6 Å². The van der Waals surface area contributed by atoms with E-state index >= 15 is 13.6 Å². The second kappa shape index (κ2) is 12.8. The van der Waals surface area contributed by atoms with E-state index in [-0.39, 0.29) is 60.1 Å². The van der Waals surface area contributed by atoms with Gasteiger partial charge in [-0.3, -0.25) is 19.3 Å². The van der Waals surface area contributed by atoms with E-state index in [9.17, 15) is 19.2 Å².